The summed E-state index contributed by atoms with van der Waals surface area (Å²) in [6.45, 7) is 0. The van der Waals surface area contributed by atoms with E-state index in [9.17, 15) is 0 Å². The summed E-state index contributed by atoms with van der Waals surface area (Å²) in [6, 6.07) is 13.2. The molecule has 0 bridgehead atoms. The van der Waals surface area contributed by atoms with Crippen molar-refractivity contribution in [1.82, 2.24) is 15.3 Å². The molecule has 0 saturated carbocycles. The highest BCUT2D eigenvalue weighted by Gasteiger charge is 2.12. The Morgan fingerprint density at radius 3 is 2.81 bits per heavy atom. The molecular formula is C15H10N4O2. The Morgan fingerprint density at radius 1 is 1.00 bits per heavy atom. The van der Waals surface area contributed by atoms with Crippen molar-refractivity contribution in [3.8, 4) is 11.5 Å². The van der Waals surface area contributed by atoms with Crippen LogP contribution >= 0.6 is 0 Å². The van der Waals surface area contributed by atoms with Gasteiger partial charge in [-0.1, -0.05) is 18.2 Å². The largest absolute Gasteiger partial charge is 0.453 e. The zero-order valence-electron chi connectivity index (χ0n) is 10.9. The fraction of sp³-hybridized carbons (Fsp3) is 0. The first-order valence-corrected chi connectivity index (χ1v) is 6.35. The van der Waals surface area contributed by atoms with Crippen LogP contribution in [-0.2, 0) is 0 Å². The van der Waals surface area contributed by atoms with Gasteiger partial charge in [0.1, 0.15) is 5.75 Å². The number of aromatic nitrogens is 3. The van der Waals surface area contributed by atoms with E-state index in [4.69, 9.17) is 15.1 Å². The average Bonchev–Trinajstić information content (AvgIpc) is 3.01. The fourth-order valence-corrected chi connectivity index (χ4v) is 2.18. The van der Waals surface area contributed by atoms with Crippen molar-refractivity contribution < 1.29 is 9.37 Å². The van der Waals surface area contributed by atoms with Crippen LogP contribution < -0.4 is 10.5 Å². The molecule has 0 unspecified atom stereocenters. The summed E-state index contributed by atoms with van der Waals surface area (Å²) in [4.78, 5) is 4.35. The predicted molar refractivity (Wildman–Crippen MR) is 78.0 cm³/mol. The number of nitrogen functional groups attached to an aromatic ring is 1. The minimum absolute atomic E-state index is 0.487. The van der Waals surface area contributed by atoms with Crippen molar-refractivity contribution in [1.29, 1.82) is 0 Å². The number of ether oxygens (including phenoxy) is 1. The van der Waals surface area contributed by atoms with Crippen molar-refractivity contribution in [3.63, 3.8) is 0 Å². The molecule has 2 N–H and O–H groups in total. The second-order valence-electron chi connectivity index (χ2n) is 4.58. The first-order chi connectivity index (χ1) is 10.3. The SMILES string of the molecule is Nc1ccc(Oc2cnc3ccccc3c2)c2nonc12. The van der Waals surface area contributed by atoms with Crippen molar-refractivity contribution >= 4 is 27.6 Å². The van der Waals surface area contributed by atoms with Crippen LogP contribution in [-0.4, -0.2) is 15.3 Å². The summed E-state index contributed by atoms with van der Waals surface area (Å²) < 4.78 is 10.6. The zero-order valence-corrected chi connectivity index (χ0v) is 10.9. The van der Waals surface area contributed by atoms with E-state index < -0.39 is 0 Å². The van der Waals surface area contributed by atoms with Gasteiger partial charge in [0.25, 0.3) is 0 Å². The van der Waals surface area contributed by atoms with E-state index in [-0.39, 0.29) is 0 Å². The first-order valence-electron chi connectivity index (χ1n) is 6.35. The molecule has 0 amide bonds. The van der Waals surface area contributed by atoms with Crippen LogP contribution in [0.5, 0.6) is 11.5 Å². The Hall–Kier alpha value is -3.15. The number of hydrogen-bond donors (Lipinski definition) is 1. The summed E-state index contributed by atoms with van der Waals surface area (Å²) in [6.07, 6.45) is 1.66. The van der Waals surface area contributed by atoms with Gasteiger partial charge in [-0.15, -0.1) is 0 Å². The van der Waals surface area contributed by atoms with E-state index in [0.717, 1.165) is 10.9 Å². The van der Waals surface area contributed by atoms with Gasteiger partial charge in [0.2, 0.25) is 0 Å². The number of para-hydroxylation sites is 1. The number of hydrogen-bond acceptors (Lipinski definition) is 6. The highest BCUT2D eigenvalue weighted by atomic mass is 16.6. The summed E-state index contributed by atoms with van der Waals surface area (Å²) >= 11 is 0. The molecule has 0 saturated heterocycles. The third kappa shape index (κ3) is 1.93. The molecule has 4 rings (SSSR count). The van der Waals surface area contributed by atoms with Gasteiger partial charge in [0, 0.05) is 5.39 Å². The smallest absolute Gasteiger partial charge is 0.179 e. The average molecular weight is 278 g/mol. The second-order valence-corrected chi connectivity index (χ2v) is 4.58. The topological polar surface area (TPSA) is 87.1 Å². The molecule has 2 heterocycles. The zero-order chi connectivity index (χ0) is 14.2. The van der Waals surface area contributed by atoms with Gasteiger partial charge in [-0.05, 0) is 34.6 Å². The third-order valence-electron chi connectivity index (χ3n) is 3.20. The van der Waals surface area contributed by atoms with Crippen molar-refractivity contribution in [2.75, 3.05) is 5.73 Å². The number of rotatable bonds is 2. The summed E-state index contributed by atoms with van der Waals surface area (Å²) in [7, 11) is 0. The van der Waals surface area contributed by atoms with Crippen LogP contribution in [0.3, 0.4) is 0 Å². The maximum atomic E-state index is 5.83. The Labute approximate surface area is 119 Å². The first kappa shape index (κ1) is 11.7. The molecule has 2 aromatic heterocycles. The number of fused-ring (bicyclic) bond motifs is 2. The molecule has 0 aliphatic heterocycles. The molecule has 0 atom stereocenters. The van der Waals surface area contributed by atoms with Gasteiger partial charge in [-0.2, -0.15) is 0 Å². The molecule has 0 spiro atoms. The van der Waals surface area contributed by atoms with E-state index in [0.29, 0.717) is 28.2 Å². The molecule has 0 aliphatic rings. The Kier molecular flexibility index (Phi) is 2.47. The monoisotopic (exact) mass is 278 g/mol. The standard InChI is InChI=1S/C15H10N4O2/c16-11-5-6-13(15-14(11)18-21-19-15)20-10-7-9-3-1-2-4-12(9)17-8-10/h1-8H,16H2. The highest BCUT2D eigenvalue weighted by Crippen LogP contribution is 2.31. The molecule has 0 aliphatic carbocycles. The van der Waals surface area contributed by atoms with E-state index in [2.05, 4.69) is 15.3 Å². The van der Waals surface area contributed by atoms with Gasteiger partial charge in [-0.25, -0.2) is 4.63 Å². The van der Waals surface area contributed by atoms with E-state index in [1.807, 2.05) is 30.3 Å². The molecule has 102 valence electrons. The number of pyridine rings is 1. The van der Waals surface area contributed by atoms with Crippen LogP contribution in [0.1, 0.15) is 0 Å². The Morgan fingerprint density at radius 2 is 1.86 bits per heavy atom. The van der Waals surface area contributed by atoms with Gasteiger partial charge < -0.3 is 10.5 Å². The van der Waals surface area contributed by atoms with Crippen molar-refractivity contribution in [2.24, 2.45) is 0 Å². The van der Waals surface area contributed by atoms with E-state index in [1.165, 1.54) is 0 Å². The molecule has 0 radical (unpaired) electrons. The lowest BCUT2D eigenvalue weighted by molar-refractivity contribution is 0.314. The lowest BCUT2D eigenvalue weighted by Crippen LogP contribution is -1.91. The Balaban J connectivity index is 1.79. The normalized spacial score (nSPS) is 11.0. The number of anilines is 1. The van der Waals surface area contributed by atoms with Crippen LogP contribution in [0.4, 0.5) is 5.69 Å². The number of benzene rings is 2. The fourth-order valence-electron chi connectivity index (χ4n) is 2.18. The van der Waals surface area contributed by atoms with Gasteiger partial charge in [0.05, 0.1) is 17.4 Å². The van der Waals surface area contributed by atoms with Gasteiger partial charge in [-0.3, -0.25) is 4.98 Å². The summed E-state index contributed by atoms with van der Waals surface area (Å²) in [5.74, 6) is 1.14. The quantitative estimate of drug-likeness (QED) is 0.567. The van der Waals surface area contributed by atoms with Gasteiger partial charge >= 0.3 is 0 Å². The minimum atomic E-state index is 0.487. The van der Waals surface area contributed by atoms with Crippen LogP contribution in [0, 0.1) is 0 Å². The van der Waals surface area contributed by atoms with E-state index in [1.54, 1.807) is 18.3 Å². The van der Waals surface area contributed by atoms with Crippen molar-refractivity contribution in [2.45, 2.75) is 0 Å². The Bertz CT molecular complexity index is 949. The van der Waals surface area contributed by atoms with Crippen LogP contribution in [0.25, 0.3) is 21.9 Å². The number of nitrogens with zero attached hydrogens (tertiary/aromatic N) is 3. The summed E-state index contributed by atoms with van der Waals surface area (Å²) in [5.41, 5.74) is 8.19. The molecule has 2 aromatic carbocycles. The van der Waals surface area contributed by atoms with E-state index >= 15 is 0 Å². The predicted octanol–water partition coefficient (Wildman–Crippen LogP) is 3.15. The molecule has 0 fully saturated rings. The maximum Gasteiger partial charge on any atom is 0.179 e. The molecule has 21 heavy (non-hydrogen) atoms. The van der Waals surface area contributed by atoms with Crippen LogP contribution in [0.15, 0.2) is 53.3 Å². The van der Waals surface area contributed by atoms with Gasteiger partial charge in [0.15, 0.2) is 16.8 Å². The van der Waals surface area contributed by atoms with Crippen molar-refractivity contribution in [3.05, 3.63) is 48.7 Å². The second kappa shape index (κ2) is 4.45. The molecule has 6 nitrogen and oxygen atoms in total. The highest BCUT2D eigenvalue weighted by molar-refractivity contribution is 5.90. The third-order valence-corrected chi connectivity index (χ3v) is 3.20. The summed E-state index contributed by atoms with van der Waals surface area (Å²) in [5, 5.41) is 8.59. The molecule has 6 heteroatoms. The minimum Gasteiger partial charge on any atom is -0.453 e. The number of nitrogens with two attached hydrogens (primary N) is 1. The van der Waals surface area contributed by atoms with Crippen LogP contribution in [0.2, 0.25) is 0 Å². The lowest BCUT2D eigenvalue weighted by atomic mass is 10.2. The lowest BCUT2D eigenvalue weighted by Gasteiger charge is -2.06. The maximum absolute atomic E-state index is 5.83. The molecule has 4 aromatic rings. The molecular weight excluding hydrogens is 268 g/mol.